The van der Waals surface area contributed by atoms with Gasteiger partial charge >= 0.3 is 6.18 Å². The molecule has 20 heavy (non-hydrogen) atoms. The monoisotopic (exact) mass is 291 g/mol. The van der Waals surface area contributed by atoms with Crippen LogP contribution in [0.5, 0.6) is 11.5 Å². The van der Waals surface area contributed by atoms with Gasteiger partial charge in [0.05, 0.1) is 25.9 Å². The van der Waals surface area contributed by atoms with E-state index >= 15 is 0 Å². The first kappa shape index (κ1) is 14.9. The van der Waals surface area contributed by atoms with E-state index in [1.807, 2.05) is 0 Å². The fraction of sp³-hybridized carbons (Fsp3) is 0.538. The molecule has 0 spiro atoms. The largest absolute Gasteiger partial charge is 0.490 e. The van der Waals surface area contributed by atoms with Crippen molar-refractivity contribution in [3.63, 3.8) is 0 Å². The molecular weight excluding hydrogens is 275 g/mol. The van der Waals surface area contributed by atoms with Gasteiger partial charge in [0, 0.05) is 6.42 Å². The van der Waals surface area contributed by atoms with E-state index in [1.54, 1.807) is 18.2 Å². The highest BCUT2D eigenvalue weighted by Gasteiger charge is 2.27. The Morgan fingerprint density at radius 2 is 1.90 bits per heavy atom. The molecule has 0 saturated carbocycles. The van der Waals surface area contributed by atoms with Crippen LogP contribution >= 0.6 is 0 Å². The van der Waals surface area contributed by atoms with E-state index in [0.717, 1.165) is 6.42 Å². The molecule has 0 bridgehead atoms. The van der Waals surface area contributed by atoms with Crippen molar-refractivity contribution in [2.75, 3.05) is 26.4 Å². The van der Waals surface area contributed by atoms with Crippen molar-refractivity contribution in [2.24, 2.45) is 5.73 Å². The van der Waals surface area contributed by atoms with Crippen LogP contribution in [0.1, 0.15) is 18.0 Å². The predicted octanol–water partition coefficient (Wildman–Crippen LogP) is 2.43. The minimum atomic E-state index is -4.34. The second kappa shape index (κ2) is 6.32. The number of benzene rings is 1. The van der Waals surface area contributed by atoms with E-state index in [2.05, 4.69) is 4.74 Å². The molecule has 2 rings (SSSR count). The lowest BCUT2D eigenvalue weighted by Crippen LogP contribution is -2.23. The average molecular weight is 291 g/mol. The van der Waals surface area contributed by atoms with E-state index in [9.17, 15) is 13.2 Å². The summed E-state index contributed by atoms with van der Waals surface area (Å²) in [6.45, 7) is -0.395. The second-order valence-electron chi connectivity index (χ2n) is 4.49. The van der Waals surface area contributed by atoms with Gasteiger partial charge in [-0.3, -0.25) is 0 Å². The number of alkyl halides is 3. The van der Waals surface area contributed by atoms with E-state index in [1.165, 1.54) is 0 Å². The Bertz CT molecular complexity index is 451. The molecular formula is C13H16F3NO3. The van der Waals surface area contributed by atoms with Crippen molar-refractivity contribution >= 4 is 0 Å². The third-order valence-electron chi connectivity index (χ3n) is 2.76. The maximum absolute atomic E-state index is 12.0. The SMILES string of the molecule is NC(COCC(F)(F)F)c1ccc2c(c1)OCCCO2. The molecule has 1 aliphatic heterocycles. The molecule has 1 atom stereocenters. The molecule has 0 radical (unpaired) electrons. The Kier molecular flexibility index (Phi) is 4.72. The van der Waals surface area contributed by atoms with Gasteiger partial charge in [-0.1, -0.05) is 6.07 Å². The summed E-state index contributed by atoms with van der Waals surface area (Å²) >= 11 is 0. The van der Waals surface area contributed by atoms with E-state index in [0.29, 0.717) is 30.3 Å². The Hall–Kier alpha value is -1.47. The van der Waals surface area contributed by atoms with Gasteiger partial charge in [-0.05, 0) is 17.7 Å². The fourth-order valence-electron chi connectivity index (χ4n) is 1.81. The topological polar surface area (TPSA) is 53.7 Å². The Morgan fingerprint density at radius 3 is 2.60 bits per heavy atom. The average Bonchev–Trinajstić information content (AvgIpc) is 2.61. The summed E-state index contributed by atoms with van der Waals surface area (Å²) < 4.78 is 51.4. The summed E-state index contributed by atoms with van der Waals surface area (Å²) in [6.07, 6.45) is -3.56. The minimum Gasteiger partial charge on any atom is -0.490 e. The van der Waals surface area contributed by atoms with Crippen LogP contribution in [-0.2, 0) is 4.74 Å². The summed E-state index contributed by atoms with van der Waals surface area (Å²) in [4.78, 5) is 0. The van der Waals surface area contributed by atoms with Crippen LogP contribution in [0, 0.1) is 0 Å². The fourth-order valence-corrected chi connectivity index (χ4v) is 1.81. The second-order valence-corrected chi connectivity index (χ2v) is 4.49. The molecule has 1 aliphatic rings. The molecule has 1 aromatic carbocycles. The number of nitrogens with two attached hydrogens (primary N) is 1. The van der Waals surface area contributed by atoms with Crippen LogP contribution < -0.4 is 15.2 Å². The molecule has 1 heterocycles. The van der Waals surface area contributed by atoms with Gasteiger partial charge in [-0.2, -0.15) is 13.2 Å². The molecule has 0 amide bonds. The van der Waals surface area contributed by atoms with Crippen LogP contribution in [0.3, 0.4) is 0 Å². The summed E-state index contributed by atoms with van der Waals surface area (Å²) in [5.74, 6) is 1.18. The highest BCUT2D eigenvalue weighted by Crippen LogP contribution is 2.32. The highest BCUT2D eigenvalue weighted by molar-refractivity contribution is 5.44. The summed E-state index contributed by atoms with van der Waals surface area (Å²) in [6, 6.07) is 4.45. The summed E-state index contributed by atoms with van der Waals surface area (Å²) in [5.41, 5.74) is 6.46. The lowest BCUT2D eigenvalue weighted by Gasteiger charge is -2.15. The number of ether oxygens (including phenoxy) is 3. The molecule has 2 N–H and O–H groups in total. The van der Waals surface area contributed by atoms with Crippen LogP contribution in [0.4, 0.5) is 13.2 Å². The van der Waals surface area contributed by atoms with Crippen LogP contribution in [0.2, 0.25) is 0 Å². The molecule has 0 fully saturated rings. The smallest absolute Gasteiger partial charge is 0.411 e. The zero-order valence-electron chi connectivity index (χ0n) is 10.8. The molecule has 4 nitrogen and oxygen atoms in total. The Labute approximate surface area is 114 Å². The molecule has 1 aromatic rings. The van der Waals surface area contributed by atoms with Crippen LogP contribution in [-0.4, -0.2) is 32.6 Å². The standard InChI is InChI=1S/C13H16F3NO3/c14-13(15,16)8-18-7-10(17)9-2-3-11-12(6-9)20-5-1-4-19-11/h2-3,6,10H,1,4-5,7-8,17H2. The third-order valence-corrected chi connectivity index (χ3v) is 2.76. The molecule has 7 heteroatoms. The van der Waals surface area contributed by atoms with E-state index < -0.39 is 18.8 Å². The molecule has 1 unspecified atom stereocenters. The third kappa shape index (κ3) is 4.28. The predicted molar refractivity (Wildman–Crippen MR) is 65.9 cm³/mol. The number of hydrogen-bond acceptors (Lipinski definition) is 4. The number of rotatable bonds is 4. The minimum absolute atomic E-state index is 0.209. The van der Waals surface area contributed by atoms with Crippen molar-refractivity contribution < 1.29 is 27.4 Å². The van der Waals surface area contributed by atoms with Gasteiger partial charge in [0.25, 0.3) is 0 Å². The van der Waals surface area contributed by atoms with Crippen molar-refractivity contribution in [3.05, 3.63) is 23.8 Å². The lowest BCUT2D eigenvalue weighted by atomic mass is 10.1. The van der Waals surface area contributed by atoms with Crippen molar-refractivity contribution in [1.29, 1.82) is 0 Å². The van der Waals surface area contributed by atoms with E-state index in [4.69, 9.17) is 15.2 Å². The van der Waals surface area contributed by atoms with Gasteiger partial charge in [-0.25, -0.2) is 0 Å². The summed E-state index contributed by atoms with van der Waals surface area (Å²) in [5, 5.41) is 0. The summed E-state index contributed by atoms with van der Waals surface area (Å²) in [7, 11) is 0. The molecule has 112 valence electrons. The van der Waals surface area contributed by atoms with Gasteiger partial charge < -0.3 is 19.9 Å². The number of halogens is 3. The highest BCUT2D eigenvalue weighted by atomic mass is 19.4. The first-order chi connectivity index (χ1) is 9.46. The molecule has 0 aromatic heterocycles. The quantitative estimate of drug-likeness (QED) is 0.925. The maximum Gasteiger partial charge on any atom is 0.411 e. The normalized spacial score (nSPS) is 16.6. The zero-order valence-corrected chi connectivity index (χ0v) is 10.8. The first-order valence-corrected chi connectivity index (χ1v) is 6.25. The molecule has 0 saturated heterocycles. The van der Waals surface area contributed by atoms with Crippen molar-refractivity contribution in [1.82, 2.24) is 0 Å². The zero-order chi connectivity index (χ0) is 14.6. The Morgan fingerprint density at radius 1 is 1.20 bits per heavy atom. The van der Waals surface area contributed by atoms with Crippen molar-refractivity contribution in [3.8, 4) is 11.5 Å². The van der Waals surface area contributed by atoms with Crippen molar-refractivity contribution in [2.45, 2.75) is 18.6 Å². The van der Waals surface area contributed by atoms with Crippen LogP contribution in [0.25, 0.3) is 0 Å². The number of fused-ring (bicyclic) bond motifs is 1. The van der Waals surface area contributed by atoms with Gasteiger partial charge in [0.15, 0.2) is 11.5 Å². The van der Waals surface area contributed by atoms with Gasteiger partial charge in [0.1, 0.15) is 6.61 Å². The number of hydrogen-bond donors (Lipinski definition) is 1. The lowest BCUT2D eigenvalue weighted by molar-refractivity contribution is -0.174. The Balaban J connectivity index is 1.96. The first-order valence-electron chi connectivity index (χ1n) is 6.25. The molecule has 0 aliphatic carbocycles. The van der Waals surface area contributed by atoms with Gasteiger partial charge in [-0.15, -0.1) is 0 Å². The van der Waals surface area contributed by atoms with Crippen LogP contribution in [0.15, 0.2) is 18.2 Å². The van der Waals surface area contributed by atoms with Gasteiger partial charge in [0.2, 0.25) is 0 Å². The maximum atomic E-state index is 12.0. The van der Waals surface area contributed by atoms with E-state index in [-0.39, 0.29) is 6.61 Å².